The molecule has 0 aromatic heterocycles. The molecule has 0 saturated heterocycles. The number of nitrogens with zero attached hydrogens (tertiary/aromatic N) is 1. The van der Waals surface area contributed by atoms with Gasteiger partial charge in [0.25, 0.3) is 0 Å². The van der Waals surface area contributed by atoms with Crippen LogP contribution < -0.4 is 0 Å². The fraction of sp³-hybridized carbons (Fsp3) is 1.00. The van der Waals surface area contributed by atoms with Gasteiger partial charge in [-0.1, -0.05) is 12.8 Å². The summed E-state index contributed by atoms with van der Waals surface area (Å²) in [6, 6.07) is 0. The van der Waals surface area contributed by atoms with E-state index in [2.05, 4.69) is 0 Å². The molecule has 1 saturated carbocycles. The molecule has 1 fully saturated rings. The van der Waals surface area contributed by atoms with E-state index in [-0.39, 0.29) is 6.42 Å². The predicted molar refractivity (Wildman–Crippen MR) is 56.2 cm³/mol. The first-order valence-corrected chi connectivity index (χ1v) is 5.78. The quantitative estimate of drug-likeness (QED) is 0.797. The first kappa shape index (κ1) is 13.8. The topological polar surface area (TPSA) is 23.5 Å². The molecule has 0 spiro atoms. The van der Waals surface area contributed by atoms with Crippen molar-refractivity contribution in [2.75, 3.05) is 20.1 Å². The van der Waals surface area contributed by atoms with Crippen LogP contribution in [0.3, 0.4) is 0 Å². The minimum atomic E-state index is -4.06. The summed E-state index contributed by atoms with van der Waals surface area (Å²) >= 11 is 0. The van der Waals surface area contributed by atoms with Crippen molar-refractivity contribution < 1.29 is 18.3 Å². The maximum Gasteiger partial charge on any atom is 0.389 e. The average molecular weight is 239 g/mol. The van der Waals surface area contributed by atoms with Crippen LogP contribution in [0.4, 0.5) is 13.2 Å². The molecule has 1 N–H and O–H groups in total. The van der Waals surface area contributed by atoms with Gasteiger partial charge in [-0.05, 0) is 32.9 Å². The minimum absolute atomic E-state index is 0.107. The molecule has 0 aromatic carbocycles. The van der Waals surface area contributed by atoms with E-state index in [1.165, 1.54) is 0 Å². The summed E-state index contributed by atoms with van der Waals surface area (Å²) in [6.07, 6.45) is -1.11. The second kappa shape index (κ2) is 5.36. The number of hydrogen-bond acceptors (Lipinski definition) is 2. The number of rotatable bonds is 5. The number of alkyl halides is 3. The molecule has 96 valence electrons. The Morgan fingerprint density at radius 1 is 1.25 bits per heavy atom. The number of likely N-dealkylation sites (N-methyl/N-ethyl adjacent to an activating group) is 1. The van der Waals surface area contributed by atoms with E-state index >= 15 is 0 Å². The van der Waals surface area contributed by atoms with Gasteiger partial charge in [-0.3, -0.25) is 0 Å². The summed E-state index contributed by atoms with van der Waals surface area (Å²) in [7, 11) is 1.77. The molecule has 5 heteroatoms. The first-order valence-electron chi connectivity index (χ1n) is 5.78. The Balaban J connectivity index is 2.18. The summed E-state index contributed by atoms with van der Waals surface area (Å²) in [5.41, 5.74) is -0.660. The summed E-state index contributed by atoms with van der Waals surface area (Å²) in [4.78, 5) is 1.80. The summed E-state index contributed by atoms with van der Waals surface area (Å²) in [6.45, 7) is 0.882. The molecule has 0 unspecified atom stereocenters. The van der Waals surface area contributed by atoms with Gasteiger partial charge in [-0.15, -0.1) is 0 Å². The second-order valence-corrected chi connectivity index (χ2v) is 4.89. The lowest BCUT2D eigenvalue weighted by Gasteiger charge is -2.28. The summed E-state index contributed by atoms with van der Waals surface area (Å²) in [5.74, 6) is 0. The molecule has 0 atom stereocenters. The van der Waals surface area contributed by atoms with E-state index in [1.807, 2.05) is 0 Å². The largest absolute Gasteiger partial charge is 0.389 e. The standard InChI is InChI=1S/C11H20F3NO/c1-15(8-4-7-11(12,13)14)9-10(16)5-2-3-6-10/h16H,2-9H2,1H3. The van der Waals surface area contributed by atoms with Crippen molar-refractivity contribution in [1.29, 1.82) is 0 Å². The van der Waals surface area contributed by atoms with E-state index in [9.17, 15) is 18.3 Å². The van der Waals surface area contributed by atoms with Crippen LogP contribution in [0.15, 0.2) is 0 Å². The van der Waals surface area contributed by atoms with Crippen molar-refractivity contribution >= 4 is 0 Å². The third kappa shape index (κ3) is 5.16. The summed E-state index contributed by atoms with van der Waals surface area (Å²) < 4.78 is 35.8. The Hall–Kier alpha value is -0.290. The molecule has 0 radical (unpaired) electrons. The van der Waals surface area contributed by atoms with Crippen LogP contribution in [0, 0.1) is 0 Å². The van der Waals surface area contributed by atoms with Crippen LogP contribution >= 0.6 is 0 Å². The fourth-order valence-corrected chi connectivity index (χ4v) is 2.32. The van der Waals surface area contributed by atoms with Crippen LogP contribution in [0.1, 0.15) is 38.5 Å². The highest BCUT2D eigenvalue weighted by atomic mass is 19.4. The van der Waals surface area contributed by atoms with Crippen molar-refractivity contribution in [2.24, 2.45) is 0 Å². The Morgan fingerprint density at radius 3 is 2.31 bits per heavy atom. The van der Waals surface area contributed by atoms with E-state index in [0.29, 0.717) is 13.1 Å². The first-order chi connectivity index (χ1) is 7.31. The van der Waals surface area contributed by atoms with Gasteiger partial charge in [-0.2, -0.15) is 13.2 Å². The van der Waals surface area contributed by atoms with Crippen molar-refractivity contribution in [1.82, 2.24) is 4.90 Å². The molecule has 1 aliphatic carbocycles. The molecule has 16 heavy (non-hydrogen) atoms. The van der Waals surface area contributed by atoms with Crippen LogP contribution in [-0.4, -0.2) is 41.9 Å². The zero-order valence-electron chi connectivity index (χ0n) is 9.69. The van der Waals surface area contributed by atoms with E-state index in [4.69, 9.17) is 0 Å². The zero-order chi connectivity index (χ0) is 12.2. The average Bonchev–Trinajstić information content (AvgIpc) is 2.49. The van der Waals surface area contributed by atoms with Crippen molar-refractivity contribution in [3.63, 3.8) is 0 Å². The molecule has 0 heterocycles. The van der Waals surface area contributed by atoms with Gasteiger partial charge in [0.05, 0.1) is 5.60 Å². The lowest BCUT2D eigenvalue weighted by atomic mass is 10.0. The number of hydrogen-bond donors (Lipinski definition) is 1. The minimum Gasteiger partial charge on any atom is -0.389 e. The van der Waals surface area contributed by atoms with E-state index < -0.39 is 18.2 Å². The van der Waals surface area contributed by atoms with E-state index in [0.717, 1.165) is 25.7 Å². The number of halogens is 3. The monoisotopic (exact) mass is 239 g/mol. The molecule has 0 bridgehead atoms. The van der Waals surface area contributed by atoms with Gasteiger partial charge in [0, 0.05) is 13.0 Å². The highest BCUT2D eigenvalue weighted by Gasteiger charge is 2.32. The normalized spacial score (nSPS) is 20.6. The molecular formula is C11H20F3NO. The maximum atomic E-state index is 11.9. The van der Waals surface area contributed by atoms with Gasteiger partial charge in [0.2, 0.25) is 0 Å². The molecule has 0 aromatic rings. The van der Waals surface area contributed by atoms with Crippen molar-refractivity contribution in [2.45, 2.75) is 50.3 Å². The third-order valence-electron chi connectivity index (χ3n) is 3.10. The lowest BCUT2D eigenvalue weighted by molar-refractivity contribution is -0.136. The van der Waals surface area contributed by atoms with E-state index in [1.54, 1.807) is 11.9 Å². The van der Waals surface area contributed by atoms with Gasteiger partial charge >= 0.3 is 6.18 Å². The van der Waals surface area contributed by atoms with Gasteiger partial charge in [0.1, 0.15) is 0 Å². The smallest absolute Gasteiger partial charge is 0.389 e. The van der Waals surface area contributed by atoms with Crippen LogP contribution in [0.2, 0.25) is 0 Å². The zero-order valence-corrected chi connectivity index (χ0v) is 9.69. The molecule has 0 amide bonds. The Bertz CT molecular complexity index is 212. The van der Waals surface area contributed by atoms with Crippen molar-refractivity contribution in [3.05, 3.63) is 0 Å². The van der Waals surface area contributed by atoms with Crippen LogP contribution in [0.25, 0.3) is 0 Å². The Kier molecular flexibility index (Phi) is 4.62. The molecule has 1 aliphatic rings. The number of aliphatic hydroxyl groups is 1. The second-order valence-electron chi connectivity index (χ2n) is 4.89. The SMILES string of the molecule is CN(CCCC(F)(F)F)CC1(O)CCCC1. The highest BCUT2D eigenvalue weighted by molar-refractivity contribution is 4.86. The van der Waals surface area contributed by atoms with Gasteiger partial charge in [0.15, 0.2) is 0 Å². The van der Waals surface area contributed by atoms with Crippen LogP contribution in [-0.2, 0) is 0 Å². The van der Waals surface area contributed by atoms with Gasteiger partial charge < -0.3 is 10.0 Å². The van der Waals surface area contributed by atoms with Crippen LogP contribution in [0.5, 0.6) is 0 Å². The maximum absolute atomic E-state index is 11.9. The van der Waals surface area contributed by atoms with Gasteiger partial charge in [-0.25, -0.2) is 0 Å². The highest BCUT2D eigenvalue weighted by Crippen LogP contribution is 2.30. The molecule has 1 rings (SSSR count). The lowest BCUT2D eigenvalue weighted by Crippen LogP contribution is -2.39. The molecule has 2 nitrogen and oxygen atoms in total. The molecular weight excluding hydrogens is 219 g/mol. The predicted octanol–water partition coefficient (Wildman–Crippen LogP) is 2.57. The fourth-order valence-electron chi connectivity index (χ4n) is 2.32. The Labute approximate surface area is 94.4 Å². The summed E-state index contributed by atoms with van der Waals surface area (Å²) in [5, 5.41) is 10.1. The Morgan fingerprint density at radius 2 is 1.81 bits per heavy atom. The van der Waals surface area contributed by atoms with Crippen molar-refractivity contribution in [3.8, 4) is 0 Å². The molecule has 0 aliphatic heterocycles. The third-order valence-corrected chi connectivity index (χ3v) is 3.10.